The van der Waals surface area contributed by atoms with Crippen molar-refractivity contribution in [1.29, 1.82) is 5.26 Å². The third kappa shape index (κ3) is 2.59. The van der Waals surface area contributed by atoms with Gasteiger partial charge in [-0.1, -0.05) is 17.3 Å². The van der Waals surface area contributed by atoms with E-state index in [2.05, 4.69) is 25.3 Å². The Balaban J connectivity index is 1.80. The number of nitrogens with two attached hydrogens (primary N) is 2. The fourth-order valence-electron chi connectivity index (χ4n) is 2.77. The maximum atomic E-state index is 9.00. The van der Waals surface area contributed by atoms with Crippen LogP contribution in [0.1, 0.15) is 16.8 Å². The standard InChI is InChI=1S/C17H15N9/c1-9-6-10(2-4-12(9)19)8-26-16-15(24-25-26)14(22-17(20)23-16)13-5-3-11(7-18)21-13/h2-6,21H,8,19H2,1H3,(H2,20,22,23). The number of nitrogens with zero attached hydrogens (tertiary/aromatic N) is 6. The molecule has 0 aliphatic rings. The molecule has 0 fully saturated rings. The normalized spacial score (nSPS) is 10.9. The van der Waals surface area contributed by atoms with E-state index in [1.54, 1.807) is 16.8 Å². The first-order chi connectivity index (χ1) is 12.5. The predicted molar refractivity (Wildman–Crippen MR) is 96.7 cm³/mol. The molecule has 3 heterocycles. The second-order valence-corrected chi connectivity index (χ2v) is 5.94. The van der Waals surface area contributed by atoms with Crippen molar-refractivity contribution in [2.24, 2.45) is 0 Å². The quantitative estimate of drug-likeness (QED) is 0.478. The number of H-pyrrole nitrogens is 1. The van der Waals surface area contributed by atoms with Gasteiger partial charge in [0.15, 0.2) is 11.2 Å². The van der Waals surface area contributed by atoms with E-state index in [1.807, 2.05) is 31.2 Å². The average Bonchev–Trinajstić information content (AvgIpc) is 3.25. The number of aromatic nitrogens is 6. The first-order valence-electron chi connectivity index (χ1n) is 7.86. The van der Waals surface area contributed by atoms with E-state index in [0.29, 0.717) is 34.8 Å². The first-order valence-corrected chi connectivity index (χ1v) is 7.86. The van der Waals surface area contributed by atoms with Crippen molar-refractivity contribution in [3.63, 3.8) is 0 Å². The summed E-state index contributed by atoms with van der Waals surface area (Å²) in [5.74, 6) is 0.109. The van der Waals surface area contributed by atoms with Gasteiger partial charge in [0.1, 0.15) is 17.5 Å². The van der Waals surface area contributed by atoms with Gasteiger partial charge in [-0.05, 0) is 36.2 Å². The third-order valence-corrected chi connectivity index (χ3v) is 4.11. The van der Waals surface area contributed by atoms with Gasteiger partial charge in [-0.25, -0.2) is 9.67 Å². The number of benzene rings is 1. The molecule has 5 N–H and O–H groups in total. The Morgan fingerprint density at radius 2 is 2.04 bits per heavy atom. The minimum atomic E-state index is 0.109. The van der Waals surface area contributed by atoms with E-state index in [4.69, 9.17) is 16.7 Å². The maximum absolute atomic E-state index is 9.00. The SMILES string of the molecule is Cc1cc(Cn2nnc3c(-c4ccc(C#N)[nH]4)nc(N)nc32)ccc1N. The van der Waals surface area contributed by atoms with Crippen molar-refractivity contribution in [3.8, 4) is 17.5 Å². The lowest BCUT2D eigenvalue weighted by molar-refractivity contribution is 0.664. The van der Waals surface area contributed by atoms with Gasteiger partial charge in [-0.2, -0.15) is 10.2 Å². The van der Waals surface area contributed by atoms with Gasteiger partial charge in [0.25, 0.3) is 0 Å². The number of aromatic amines is 1. The Morgan fingerprint density at radius 1 is 1.19 bits per heavy atom. The molecule has 0 bridgehead atoms. The molecule has 0 saturated carbocycles. The van der Waals surface area contributed by atoms with Crippen molar-refractivity contribution < 1.29 is 0 Å². The lowest BCUT2D eigenvalue weighted by Crippen LogP contribution is -2.05. The fraction of sp³-hybridized carbons (Fsp3) is 0.118. The van der Waals surface area contributed by atoms with E-state index >= 15 is 0 Å². The largest absolute Gasteiger partial charge is 0.399 e. The molecule has 0 amide bonds. The summed E-state index contributed by atoms with van der Waals surface area (Å²) >= 11 is 0. The van der Waals surface area contributed by atoms with Gasteiger partial charge < -0.3 is 16.5 Å². The highest BCUT2D eigenvalue weighted by Crippen LogP contribution is 2.25. The van der Waals surface area contributed by atoms with E-state index < -0.39 is 0 Å². The van der Waals surface area contributed by atoms with E-state index in [9.17, 15) is 0 Å². The molecular formula is C17H15N9. The molecule has 0 radical (unpaired) electrons. The molecule has 0 saturated heterocycles. The predicted octanol–water partition coefficient (Wildman–Crippen LogP) is 1.61. The number of nitriles is 1. The number of nitrogen functional groups attached to an aromatic ring is 2. The minimum Gasteiger partial charge on any atom is -0.399 e. The average molecular weight is 345 g/mol. The summed E-state index contributed by atoms with van der Waals surface area (Å²) < 4.78 is 1.66. The summed E-state index contributed by atoms with van der Waals surface area (Å²) in [6.07, 6.45) is 0. The molecule has 9 nitrogen and oxygen atoms in total. The molecule has 128 valence electrons. The van der Waals surface area contributed by atoms with Gasteiger partial charge in [-0.15, -0.1) is 5.10 Å². The van der Waals surface area contributed by atoms with Crippen LogP contribution in [0, 0.1) is 18.3 Å². The molecule has 0 aliphatic carbocycles. The number of fused-ring (bicyclic) bond motifs is 1. The van der Waals surface area contributed by atoms with Crippen LogP contribution in [-0.2, 0) is 6.54 Å². The van der Waals surface area contributed by atoms with Crippen LogP contribution < -0.4 is 11.5 Å². The van der Waals surface area contributed by atoms with Crippen LogP contribution in [-0.4, -0.2) is 29.9 Å². The lowest BCUT2D eigenvalue weighted by Gasteiger charge is -2.06. The van der Waals surface area contributed by atoms with Crippen molar-refractivity contribution in [2.75, 3.05) is 11.5 Å². The smallest absolute Gasteiger partial charge is 0.222 e. The molecule has 0 atom stereocenters. The Morgan fingerprint density at radius 3 is 2.77 bits per heavy atom. The number of hydrogen-bond donors (Lipinski definition) is 3. The molecule has 9 heteroatoms. The van der Waals surface area contributed by atoms with Crippen molar-refractivity contribution in [2.45, 2.75) is 13.5 Å². The summed E-state index contributed by atoms with van der Waals surface area (Å²) in [6.45, 7) is 2.43. The molecule has 26 heavy (non-hydrogen) atoms. The molecule has 1 aromatic carbocycles. The van der Waals surface area contributed by atoms with E-state index in [-0.39, 0.29) is 5.95 Å². The molecule has 4 rings (SSSR count). The second kappa shape index (κ2) is 5.86. The summed E-state index contributed by atoms with van der Waals surface area (Å²) in [5, 5.41) is 17.4. The third-order valence-electron chi connectivity index (χ3n) is 4.11. The molecule has 0 spiro atoms. The highest BCUT2D eigenvalue weighted by Gasteiger charge is 2.17. The molecular weight excluding hydrogens is 330 g/mol. The topological polar surface area (TPSA) is 148 Å². The van der Waals surface area contributed by atoms with Crippen molar-refractivity contribution in [1.82, 2.24) is 29.9 Å². The fourth-order valence-corrected chi connectivity index (χ4v) is 2.77. The Kier molecular flexibility index (Phi) is 3.51. The van der Waals surface area contributed by atoms with Gasteiger partial charge in [0.05, 0.1) is 12.2 Å². The summed E-state index contributed by atoms with van der Waals surface area (Å²) in [6, 6.07) is 11.3. The molecule has 0 aliphatic heterocycles. The molecule has 4 aromatic rings. The lowest BCUT2D eigenvalue weighted by atomic mass is 10.1. The number of rotatable bonds is 3. The second-order valence-electron chi connectivity index (χ2n) is 5.94. The number of anilines is 2. The highest BCUT2D eigenvalue weighted by molar-refractivity contribution is 5.86. The highest BCUT2D eigenvalue weighted by atomic mass is 15.4. The van der Waals surface area contributed by atoms with Crippen LogP contribution in [0.15, 0.2) is 30.3 Å². The van der Waals surface area contributed by atoms with Crippen molar-refractivity contribution in [3.05, 3.63) is 47.2 Å². The number of hydrogen-bond acceptors (Lipinski definition) is 7. The van der Waals surface area contributed by atoms with Crippen LogP contribution in [0.3, 0.4) is 0 Å². The van der Waals surface area contributed by atoms with E-state index in [0.717, 1.165) is 16.8 Å². The molecule has 3 aromatic heterocycles. The monoisotopic (exact) mass is 345 g/mol. The van der Waals surface area contributed by atoms with E-state index in [1.165, 1.54) is 0 Å². The summed E-state index contributed by atoms with van der Waals surface area (Å²) in [5.41, 5.74) is 17.1. The van der Waals surface area contributed by atoms with Crippen LogP contribution in [0.4, 0.5) is 11.6 Å². The maximum Gasteiger partial charge on any atom is 0.222 e. The van der Waals surface area contributed by atoms with Crippen LogP contribution >= 0.6 is 0 Å². The summed E-state index contributed by atoms with van der Waals surface area (Å²) in [7, 11) is 0. The zero-order valence-electron chi connectivity index (χ0n) is 13.9. The Hall–Kier alpha value is -3.93. The molecule has 0 unspecified atom stereocenters. The van der Waals surface area contributed by atoms with Crippen molar-refractivity contribution >= 4 is 22.8 Å². The van der Waals surface area contributed by atoms with Crippen LogP contribution in [0.5, 0.6) is 0 Å². The summed E-state index contributed by atoms with van der Waals surface area (Å²) in [4.78, 5) is 11.5. The van der Waals surface area contributed by atoms with Gasteiger partial charge in [0, 0.05) is 5.69 Å². The zero-order chi connectivity index (χ0) is 18.3. The minimum absolute atomic E-state index is 0.109. The van der Waals surface area contributed by atoms with Gasteiger partial charge in [-0.3, -0.25) is 0 Å². The Labute approximate surface area is 148 Å². The first kappa shape index (κ1) is 15.6. The number of nitrogens with one attached hydrogen (secondary N) is 1. The van der Waals surface area contributed by atoms with Gasteiger partial charge in [0.2, 0.25) is 5.95 Å². The number of aryl methyl sites for hydroxylation is 1. The van der Waals surface area contributed by atoms with Gasteiger partial charge >= 0.3 is 0 Å². The van der Waals surface area contributed by atoms with Crippen LogP contribution in [0.2, 0.25) is 0 Å². The Bertz CT molecular complexity index is 1160. The zero-order valence-corrected chi connectivity index (χ0v) is 13.9. The van der Waals surface area contributed by atoms with Crippen LogP contribution in [0.25, 0.3) is 22.6 Å².